The molecule has 2 aliphatic rings. The molecule has 13 N–H and O–H groups in total. The van der Waals surface area contributed by atoms with Crippen LogP contribution < -0.4 is 27.9 Å². The monoisotopic (exact) mass is 473 g/mol. The van der Waals surface area contributed by atoms with Crippen LogP contribution in [0, 0.1) is 0 Å². The lowest BCUT2D eigenvalue weighted by Gasteiger charge is -2.45. The SMILES string of the molecule is NNC(=O)NCC1O[C@H](O[C@H]2OC(CSC(=O)NN)[C@@H](O)[C@H](O)C2O)C(O)[C@@H](O)[C@@H]1O. The predicted molar refractivity (Wildman–Crippen MR) is 100 cm³/mol. The third kappa shape index (κ3) is 6.34. The molecule has 4 unspecified atom stereocenters. The lowest BCUT2D eigenvalue weighted by molar-refractivity contribution is -0.371. The van der Waals surface area contributed by atoms with Crippen LogP contribution in [0.5, 0.6) is 0 Å². The highest BCUT2D eigenvalue weighted by atomic mass is 32.2. The largest absolute Gasteiger partial charge is 0.388 e. The molecule has 180 valence electrons. The Balaban J connectivity index is 2.06. The number of rotatable bonds is 6. The summed E-state index contributed by atoms with van der Waals surface area (Å²) >= 11 is 0.633. The van der Waals surface area contributed by atoms with Crippen molar-refractivity contribution in [2.45, 2.75) is 61.4 Å². The van der Waals surface area contributed by atoms with Gasteiger partial charge in [-0.3, -0.25) is 15.6 Å². The molecular formula is C14H27N5O11S. The second-order valence-electron chi connectivity index (χ2n) is 6.76. The molecule has 0 aromatic heterocycles. The number of nitrogens with two attached hydrogens (primary N) is 2. The molecule has 2 aliphatic heterocycles. The topological polar surface area (TPSA) is 271 Å². The van der Waals surface area contributed by atoms with E-state index >= 15 is 0 Å². The van der Waals surface area contributed by atoms with Crippen molar-refractivity contribution in [3.8, 4) is 0 Å². The van der Waals surface area contributed by atoms with Gasteiger partial charge < -0.3 is 50.2 Å². The van der Waals surface area contributed by atoms with E-state index in [1.165, 1.54) is 0 Å². The number of thioether (sulfide) groups is 1. The number of aliphatic hydroxyl groups is 6. The van der Waals surface area contributed by atoms with Gasteiger partial charge in [0, 0.05) is 12.3 Å². The highest BCUT2D eigenvalue weighted by molar-refractivity contribution is 8.13. The van der Waals surface area contributed by atoms with Crippen molar-refractivity contribution in [3.63, 3.8) is 0 Å². The number of hydrogen-bond donors (Lipinski definition) is 11. The van der Waals surface area contributed by atoms with Crippen molar-refractivity contribution in [1.29, 1.82) is 0 Å². The number of ether oxygens (including phenoxy) is 3. The molecule has 2 saturated heterocycles. The van der Waals surface area contributed by atoms with Gasteiger partial charge in [-0.25, -0.2) is 16.5 Å². The maximum Gasteiger partial charge on any atom is 0.328 e. The number of urea groups is 1. The number of nitrogens with one attached hydrogen (secondary N) is 3. The summed E-state index contributed by atoms with van der Waals surface area (Å²) in [5, 5.41) is 62.1. The summed E-state index contributed by atoms with van der Waals surface area (Å²) in [5.41, 5.74) is 3.64. The van der Waals surface area contributed by atoms with E-state index in [2.05, 4.69) is 5.32 Å². The van der Waals surface area contributed by atoms with Crippen molar-refractivity contribution in [1.82, 2.24) is 16.2 Å². The van der Waals surface area contributed by atoms with Gasteiger partial charge in [-0.1, -0.05) is 11.8 Å². The van der Waals surface area contributed by atoms with Crippen molar-refractivity contribution in [3.05, 3.63) is 0 Å². The minimum absolute atomic E-state index is 0.177. The molecule has 2 heterocycles. The highest BCUT2D eigenvalue weighted by Gasteiger charge is 2.49. The second-order valence-corrected chi connectivity index (χ2v) is 7.76. The van der Waals surface area contributed by atoms with E-state index in [1.54, 1.807) is 5.43 Å². The summed E-state index contributed by atoms with van der Waals surface area (Å²) in [4.78, 5) is 22.5. The first-order valence-corrected chi connectivity index (χ1v) is 10.0. The Labute approximate surface area is 179 Å². The Morgan fingerprint density at radius 2 is 1.32 bits per heavy atom. The van der Waals surface area contributed by atoms with Crippen LogP contribution in [-0.2, 0) is 14.2 Å². The molecule has 0 aromatic carbocycles. The Kier molecular flexibility index (Phi) is 9.61. The Morgan fingerprint density at radius 3 is 1.84 bits per heavy atom. The van der Waals surface area contributed by atoms with Crippen molar-refractivity contribution >= 4 is 23.0 Å². The lowest BCUT2D eigenvalue weighted by atomic mass is 9.98. The Bertz CT molecular complexity index is 571. The molecule has 0 bridgehead atoms. The molecule has 16 nitrogen and oxygen atoms in total. The zero-order chi connectivity index (χ0) is 23.3. The van der Waals surface area contributed by atoms with Gasteiger partial charge in [0.05, 0.1) is 6.10 Å². The molecule has 17 heteroatoms. The van der Waals surface area contributed by atoms with Crippen LogP contribution in [0.4, 0.5) is 9.59 Å². The van der Waals surface area contributed by atoms with Gasteiger partial charge in [0.25, 0.3) is 5.24 Å². The molecule has 0 spiro atoms. The molecule has 31 heavy (non-hydrogen) atoms. The smallest absolute Gasteiger partial charge is 0.328 e. The molecule has 2 fully saturated rings. The zero-order valence-corrected chi connectivity index (χ0v) is 16.8. The summed E-state index contributed by atoms with van der Waals surface area (Å²) < 4.78 is 16.1. The Morgan fingerprint density at radius 1 is 0.806 bits per heavy atom. The fourth-order valence-corrected chi connectivity index (χ4v) is 3.62. The Hall–Kier alpha value is -1.35. The number of carbonyl (C=O) groups excluding carboxylic acids is 2. The predicted octanol–water partition coefficient (Wildman–Crippen LogP) is -5.89. The van der Waals surface area contributed by atoms with E-state index in [1.807, 2.05) is 5.43 Å². The fourth-order valence-electron chi connectivity index (χ4n) is 2.94. The van der Waals surface area contributed by atoms with Gasteiger partial charge in [-0.15, -0.1) is 0 Å². The first-order valence-electron chi connectivity index (χ1n) is 9.03. The summed E-state index contributed by atoms with van der Waals surface area (Å²) in [7, 11) is 0. The molecule has 0 saturated carbocycles. The molecular weight excluding hydrogens is 446 g/mol. The van der Waals surface area contributed by atoms with E-state index < -0.39 is 72.7 Å². The number of hydrazine groups is 2. The highest BCUT2D eigenvalue weighted by Crippen LogP contribution is 2.29. The average molecular weight is 473 g/mol. The van der Waals surface area contributed by atoms with Crippen LogP contribution in [0.3, 0.4) is 0 Å². The minimum Gasteiger partial charge on any atom is -0.388 e. The van der Waals surface area contributed by atoms with E-state index in [-0.39, 0.29) is 12.3 Å². The van der Waals surface area contributed by atoms with Crippen LogP contribution in [-0.4, -0.2) is 116 Å². The molecule has 0 aromatic rings. The number of carbonyl (C=O) groups is 2. The van der Waals surface area contributed by atoms with Crippen LogP contribution in [0.2, 0.25) is 0 Å². The van der Waals surface area contributed by atoms with Crippen molar-refractivity contribution in [2.75, 3.05) is 12.3 Å². The zero-order valence-electron chi connectivity index (χ0n) is 16.0. The summed E-state index contributed by atoms with van der Waals surface area (Å²) in [6, 6.07) is -0.807. The first kappa shape index (κ1) is 25.9. The van der Waals surface area contributed by atoms with Crippen LogP contribution in [0.15, 0.2) is 0 Å². The third-order valence-corrected chi connectivity index (χ3v) is 5.57. The quantitative estimate of drug-likeness (QED) is 0.0974. The van der Waals surface area contributed by atoms with E-state index in [0.29, 0.717) is 11.8 Å². The molecule has 3 amide bonds. The lowest BCUT2D eigenvalue weighted by Crippen LogP contribution is -2.64. The average Bonchev–Trinajstić information content (AvgIpc) is 2.77. The van der Waals surface area contributed by atoms with Crippen LogP contribution in [0.25, 0.3) is 0 Å². The maximum atomic E-state index is 11.3. The van der Waals surface area contributed by atoms with Gasteiger partial charge in [0.2, 0.25) is 0 Å². The molecule has 0 radical (unpaired) electrons. The van der Waals surface area contributed by atoms with Crippen molar-refractivity contribution < 1.29 is 54.4 Å². The molecule has 2 rings (SSSR count). The standard InChI is InChI=1S/C14H27N5O11S/c15-18-13(26)17-1-3-5(20)7(22)9(24)11(28-3)30-12-10(25)8(23)6(21)4(29-12)2-31-14(27)19-16/h3-12,20-25H,1-2,15-16H2,(H,19,27)(H2,17,18,26)/t3?,4?,5-,6-,7+,8+,9?,10?,11-,12-/m1/s1. The van der Waals surface area contributed by atoms with Gasteiger partial charge in [-0.05, 0) is 0 Å². The molecule has 10 atom stereocenters. The maximum absolute atomic E-state index is 11.3. The van der Waals surface area contributed by atoms with E-state index in [4.69, 9.17) is 25.9 Å². The fraction of sp³-hybridized carbons (Fsp3) is 0.857. The van der Waals surface area contributed by atoms with Gasteiger partial charge >= 0.3 is 6.03 Å². The normalized spacial score (nSPS) is 40.8. The second kappa shape index (κ2) is 11.5. The number of aliphatic hydroxyl groups excluding tert-OH is 6. The van der Waals surface area contributed by atoms with Gasteiger partial charge in [-0.2, -0.15) is 0 Å². The van der Waals surface area contributed by atoms with Crippen molar-refractivity contribution in [2.24, 2.45) is 11.7 Å². The van der Waals surface area contributed by atoms with Gasteiger partial charge in [0.1, 0.15) is 42.7 Å². The van der Waals surface area contributed by atoms with E-state index in [0.717, 1.165) is 0 Å². The van der Waals surface area contributed by atoms with E-state index in [9.17, 15) is 40.2 Å². The van der Waals surface area contributed by atoms with Crippen LogP contribution in [0.1, 0.15) is 0 Å². The minimum atomic E-state index is -1.80. The van der Waals surface area contributed by atoms with Crippen LogP contribution >= 0.6 is 11.8 Å². The summed E-state index contributed by atoms with van der Waals surface area (Å²) in [6.45, 7) is -0.337. The number of amides is 3. The summed E-state index contributed by atoms with van der Waals surface area (Å²) in [5.74, 6) is 9.71. The summed E-state index contributed by atoms with van der Waals surface area (Å²) in [6.07, 6.45) is -16.1. The number of hydrogen-bond acceptors (Lipinski definition) is 14. The first-order chi connectivity index (χ1) is 14.6. The third-order valence-electron chi connectivity index (χ3n) is 4.70. The van der Waals surface area contributed by atoms with Gasteiger partial charge in [0.15, 0.2) is 12.6 Å². The molecule has 0 aliphatic carbocycles.